The van der Waals surface area contributed by atoms with Crippen LogP contribution in [0.25, 0.3) is 0 Å². The van der Waals surface area contributed by atoms with Gasteiger partial charge in [0.05, 0.1) is 0 Å². The minimum Gasteiger partial charge on any atom is -0.311 e. The Hall–Kier alpha value is -4.24. The average molecular weight is 809 g/mol. The Bertz CT molecular complexity index is 2220. The fraction of sp³-hybridized carbons (Fsp3) is 0.483. The monoisotopic (exact) mass is 809 g/mol. The molecule has 0 amide bonds. The minimum atomic E-state index is 0.00579. The molecule has 0 N–H and O–H groups in total. The van der Waals surface area contributed by atoms with Crippen LogP contribution in [0.2, 0.25) is 0 Å². The van der Waals surface area contributed by atoms with E-state index in [-0.39, 0.29) is 28.4 Å². The second-order valence-electron chi connectivity index (χ2n) is 23.7. The Morgan fingerprint density at radius 2 is 0.738 bits per heavy atom. The molecule has 4 aliphatic rings. The van der Waals surface area contributed by atoms with E-state index >= 15 is 0 Å². The summed E-state index contributed by atoms with van der Waals surface area (Å²) in [5.74, 6) is 1.25. The second kappa shape index (κ2) is 15.2. The van der Waals surface area contributed by atoms with E-state index in [1.165, 1.54) is 148 Å². The molecule has 2 heterocycles. The zero-order chi connectivity index (χ0) is 43.2. The van der Waals surface area contributed by atoms with Crippen molar-refractivity contribution >= 4 is 57.2 Å². The van der Waals surface area contributed by atoms with Crippen LogP contribution in [0.5, 0.6) is 0 Å². The Labute approximate surface area is 370 Å². The third-order valence-electron chi connectivity index (χ3n) is 15.0. The van der Waals surface area contributed by atoms with Gasteiger partial charge in [-0.05, 0) is 157 Å². The van der Waals surface area contributed by atoms with Crippen LogP contribution in [-0.4, -0.2) is 6.71 Å². The van der Waals surface area contributed by atoms with Gasteiger partial charge >= 0.3 is 0 Å². The lowest BCUT2D eigenvalue weighted by molar-refractivity contribution is 0.444. The summed E-state index contributed by atoms with van der Waals surface area (Å²) in [4.78, 5) is 5.38. The van der Waals surface area contributed by atoms with Crippen molar-refractivity contribution < 1.29 is 0 Å². The first-order valence-corrected chi connectivity index (χ1v) is 24.1. The van der Waals surface area contributed by atoms with Gasteiger partial charge in [-0.15, -0.1) is 0 Å². The number of rotatable bonds is 4. The van der Waals surface area contributed by atoms with Gasteiger partial charge in [0.2, 0.25) is 0 Å². The predicted octanol–water partition coefficient (Wildman–Crippen LogP) is 15.1. The van der Waals surface area contributed by atoms with Gasteiger partial charge < -0.3 is 9.80 Å². The number of benzene rings is 5. The molecule has 2 saturated carbocycles. The zero-order valence-electron chi connectivity index (χ0n) is 39.9. The van der Waals surface area contributed by atoms with Crippen LogP contribution in [0.1, 0.15) is 193 Å². The van der Waals surface area contributed by atoms with Crippen LogP contribution in [-0.2, 0) is 21.7 Å². The molecule has 9 rings (SSSR count). The predicted molar refractivity (Wildman–Crippen MR) is 267 cm³/mol. The van der Waals surface area contributed by atoms with E-state index in [1.54, 1.807) is 0 Å². The molecular weight excluding hydrogens is 735 g/mol. The molecule has 61 heavy (non-hydrogen) atoms. The summed E-state index contributed by atoms with van der Waals surface area (Å²) in [7, 11) is 0. The number of fused-ring (bicyclic) bond motifs is 4. The summed E-state index contributed by atoms with van der Waals surface area (Å²) in [6.07, 6.45) is 13.3. The first-order valence-electron chi connectivity index (χ1n) is 24.1. The molecule has 2 aliphatic carbocycles. The number of hydrogen-bond donors (Lipinski definition) is 0. The normalized spacial score (nSPS) is 17.6. The van der Waals surface area contributed by atoms with Crippen LogP contribution in [0, 0.1) is 0 Å². The molecule has 0 atom stereocenters. The average Bonchev–Trinajstić information content (AvgIpc) is 3.22. The Kier molecular flexibility index (Phi) is 10.5. The van der Waals surface area contributed by atoms with E-state index in [0.717, 1.165) is 0 Å². The summed E-state index contributed by atoms with van der Waals surface area (Å²) in [5, 5.41) is 0. The molecule has 2 fully saturated rings. The molecule has 0 radical (unpaired) electrons. The maximum absolute atomic E-state index is 2.69. The number of hydrogen-bond acceptors (Lipinski definition) is 2. The van der Waals surface area contributed by atoms with Crippen molar-refractivity contribution in [3.05, 3.63) is 124 Å². The molecule has 3 heteroatoms. The van der Waals surface area contributed by atoms with Crippen LogP contribution in [0.15, 0.2) is 91.0 Å². The maximum Gasteiger partial charge on any atom is 0.252 e. The maximum atomic E-state index is 2.69. The van der Waals surface area contributed by atoms with Crippen molar-refractivity contribution in [3.8, 4) is 0 Å². The fourth-order valence-electron chi connectivity index (χ4n) is 11.1. The highest BCUT2D eigenvalue weighted by Crippen LogP contribution is 2.48. The highest BCUT2D eigenvalue weighted by Gasteiger charge is 2.44. The molecule has 0 unspecified atom stereocenters. The lowest BCUT2D eigenvalue weighted by Crippen LogP contribution is -2.61. The van der Waals surface area contributed by atoms with E-state index in [9.17, 15) is 0 Å². The molecule has 2 nitrogen and oxygen atoms in total. The molecule has 0 bridgehead atoms. The van der Waals surface area contributed by atoms with Crippen molar-refractivity contribution in [2.24, 2.45) is 0 Å². The molecular formula is C58H73BN2. The summed E-state index contributed by atoms with van der Waals surface area (Å²) < 4.78 is 0. The molecule has 0 spiro atoms. The fourth-order valence-corrected chi connectivity index (χ4v) is 11.1. The largest absolute Gasteiger partial charge is 0.311 e. The van der Waals surface area contributed by atoms with Crippen LogP contribution in [0.3, 0.4) is 0 Å². The highest BCUT2D eigenvalue weighted by molar-refractivity contribution is 7.00. The minimum absolute atomic E-state index is 0.00579. The number of nitrogens with zero attached hydrogens (tertiary/aromatic N) is 2. The molecule has 0 aromatic heterocycles. The van der Waals surface area contributed by atoms with Crippen LogP contribution < -0.4 is 26.2 Å². The Morgan fingerprint density at radius 1 is 0.393 bits per heavy atom. The Balaban J connectivity index is 1.35. The van der Waals surface area contributed by atoms with Gasteiger partial charge in [-0.25, -0.2) is 0 Å². The summed E-state index contributed by atoms with van der Waals surface area (Å²) >= 11 is 0. The molecule has 2 aliphatic heterocycles. The van der Waals surface area contributed by atoms with Crippen molar-refractivity contribution in [1.82, 2.24) is 0 Å². The lowest BCUT2D eigenvalue weighted by atomic mass is 9.33. The standard InChI is InChI=1S/C58H73BN2/c1-55(2,3)42-32-43(56(4,5)6)35-46(34-42)60-50-24-19-25-51-54(50)59(48-28-26-40(30-52(48)60)38-20-15-13-16-21-38)49-29-27-41(39-22-17-14-18-23-39)31-53(49)61(51)47-36-44(57(7,8)9)33-45(37-47)58(10,11)12/h19,24-39H,13-18,20-23H2,1-12H3. The van der Waals surface area contributed by atoms with Gasteiger partial charge in [0.25, 0.3) is 6.71 Å². The zero-order valence-corrected chi connectivity index (χ0v) is 39.9. The van der Waals surface area contributed by atoms with Crippen molar-refractivity contribution in [2.45, 2.75) is 181 Å². The van der Waals surface area contributed by atoms with Gasteiger partial charge in [0.15, 0.2) is 0 Å². The van der Waals surface area contributed by atoms with E-state index < -0.39 is 0 Å². The summed E-state index contributed by atoms with van der Waals surface area (Å²) in [6, 6.07) is 37.7. The lowest BCUT2D eigenvalue weighted by Gasteiger charge is -2.45. The quantitative estimate of drug-likeness (QED) is 0.163. The van der Waals surface area contributed by atoms with Crippen LogP contribution >= 0.6 is 0 Å². The topological polar surface area (TPSA) is 6.48 Å². The second-order valence-corrected chi connectivity index (χ2v) is 23.7. The number of anilines is 6. The smallest absolute Gasteiger partial charge is 0.252 e. The first-order chi connectivity index (χ1) is 28.8. The van der Waals surface area contributed by atoms with Crippen molar-refractivity contribution in [3.63, 3.8) is 0 Å². The summed E-state index contributed by atoms with van der Waals surface area (Å²) in [5.41, 5.74) is 20.8. The highest BCUT2D eigenvalue weighted by atomic mass is 15.2. The van der Waals surface area contributed by atoms with Gasteiger partial charge in [-0.1, -0.05) is 164 Å². The first kappa shape index (κ1) is 42.1. The molecule has 318 valence electrons. The third-order valence-corrected chi connectivity index (χ3v) is 15.0. The third kappa shape index (κ3) is 7.80. The SMILES string of the molecule is CC(C)(C)c1cc(N2c3cc(C4CCCCC4)ccc3B3c4ccc(C5CCCCC5)cc4N(c4cc(C(C)(C)C)cc(C(C)(C)C)c4)c4cccc2c43)cc(C(C)(C)C)c1. The van der Waals surface area contributed by atoms with E-state index in [0.29, 0.717) is 11.8 Å². The van der Waals surface area contributed by atoms with E-state index in [4.69, 9.17) is 0 Å². The van der Waals surface area contributed by atoms with Gasteiger partial charge in [0.1, 0.15) is 0 Å². The summed E-state index contributed by atoms with van der Waals surface area (Å²) in [6.45, 7) is 28.6. The Morgan fingerprint density at radius 3 is 1.07 bits per heavy atom. The van der Waals surface area contributed by atoms with E-state index in [2.05, 4.69) is 184 Å². The van der Waals surface area contributed by atoms with Crippen LogP contribution in [0.4, 0.5) is 34.1 Å². The molecule has 5 aromatic carbocycles. The molecule has 0 saturated heterocycles. The van der Waals surface area contributed by atoms with E-state index in [1.807, 2.05) is 0 Å². The van der Waals surface area contributed by atoms with Gasteiger partial charge in [-0.3, -0.25) is 0 Å². The van der Waals surface area contributed by atoms with Gasteiger partial charge in [0, 0.05) is 34.1 Å². The van der Waals surface area contributed by atoms with Crippen molar-refractivity contribution in [2.75, 3.05) is 9.80 Å². The van der Waals surface area contributed by atoms with Crippen molar-refractivity contribution in [1.29, 1.82) is 0 Å². The molecule has 5 aromatic rings. The van der Waals surface area contributed by atoms with Gasteiger partial charge in [-0.2, -0.15) is 0 Å².